The van der Waals surface area contributed by atoms with E-state index in [0.29, 0.717) is 12.0 Å². The maximum Gasteiger partial charge on any atom is 0.260 e. The van der Waals surface area contributed by atoms with Gasteiger partial charge in [-0.1, -0.05) is 23.7 Å². The Hall–Kier alpha value is -2.34. The monoisotopic (exact) mass is 397 g/mol. The third-order valence-electron chi connectivity index (χ3n) is 6.11. The highest BCUT2D eigenvalue weighted by atomic mass is 16.5. The fourth-order valence-corrected chi connectivity index (χ4v) is 4.48. The van der Waals surface area contributed by atoms with Gasteiger partial charge in [0.1, 0.15) is 11.5 Å². The molecule has 1 aromatic carbocycles. The van der Waals surface area contributed by atoms with Gasteiger partial charge in [-0.3, -0.25) is 4.79 Å². The molecule has 2 aromatic rings. The summed E-state index contributed by atoms with van der Waals surface area (Å²) in [6, 6.07) is 10.6. The number of nitrogens with zero attached hydrogens (tertiary/aromatic N) is 2. The largest absolute Gasteiger partial charge is 0.484 e. The summed E-state index contributed by atoms with van der Waals surface area (Å²) in [6.07, 6.45) is 6.86. The molecule has 1 saturated heterocycles. The molecule has 156 valence electrons. The van der Waals surface area contributed by atoms with Crippen LogP contribution in [0.25, 0.3) is 0 Å². The van der Waals surface area contributed by atoms with Gasteiger partial charge in [0.2, 0.25) is 0 Å². The van der Waals surface area contributed by atoms with Gasteiger partial charge in [-0.05, 0) is 56.2 Å². The lowest BCUT2D eigenvalue weighted by molar-refractivity contribution is -0.132. The number of carbonyl (C=O) groups excluding carboxylic acids is 1. The number of ether oxygens (including phenoxy) is 1. The molecule has 1 saturated carbocycles. The second-order valence-corrected chi connectivity index (χ2v) is 8.34. The van der Waals surface area contributed by atoms with Crippen LogP contribution in [0.15, 0.2) is 34.9 Å². The molecule has 0 unspecified atom stereocenters. The van der Waals surface area contributed by atoms with E-state index in [1.54, 1.807) is 0 Å². The second-order valence-electron chi connectivity index (χ2n) is 8.34. The average molecular weight is 398 g/mol. The Labute approximate surface area is 172 Å². The van der Waals surface area contributed by atoms with Gasteiger partial charge in [-0.25, -0.2) is 0 Å². The minimum absolute atomic E-state index is 0.0856. The van der Waals surface area contributed by atoms with Crippen molar-refractivity contribution in [2.75, 3.05) is 19.7 Å². The lowest BCUT2D eigenvalue weighted by Gasteiger charge is -2.20. The molecule has 1 N–H and O–H groups in total. The van der Waals surface area contributed by atoms with E-state index in [0.717, 1.165) is 56.1 Å². The topological polar surface area (TPSA) is 67.6 Å². The van der Waals surface area contributed by atoms with Crippen LogP contribution < -0.4 is 10.1 Å². The van der Waals surface area contributed by atoms with Crippen molar-refractivity contribution >= 4 is 5.91 Å². The molecule has 0 bridgehead atoms. The highest BCUT2D eigenvalue weighted by Crippen LogP contribution is 2.29. The van der Waals surface area contributed by atoms with Gasteiger partial charge in [0, 0.05) is 38.2 Å². The van der Waals surface area contributed by atoms with Gasteiger partial charge in [0.15, 0.2) is 6.61 Å². The summed E-state index contributed by atoms with van der Waals surface area (Å²) in [7, 11) is 0. The van der Waals surface area contributed by atoms with E-state index in [2.05, 4.69) is 22.6 Å². The van der Waals surface area contributed by atoms with Crippen molar-refractivity contribution in [2.24, 2.45) is 5.92 Å². The van der Waals surface area contributed by atoms with E-state index in [9.17, 15) is 4.79 Å². The van der Waals surface area contributed by atoms with Crippen LogP contribution in [0.3, 0.4) is 0 Å². The maximum atomic E-state index is 12.1. The van der Waals surface area contributed by atoms with Crippen molar-refractivity contribution in [3.63, 3.8) is 0 Å². The van der Waals surface area contributed by atoms with Crippen LogP contribution in [0, 0.1) is 12.8 Å². The Bertz CT molecular complexity index is 796. The van der Waals surface area contributed by atoms with Crippen LogP contribution in [0.5, 0.6) is 5.75 Å². The van der Waals surface area contributed by atoms with E-state index < -0.39 is 0 Å². The zero-order valence-electron chi connectivity index (χ0n) is 17.2. The molecule has 2 atom stereocenters. The summed E-state index contributed by atoms with van der Waals surface area (Å²) in [6.45, 7) is 4.66. The lowest BCUT2D eigenvalue weighted by Crippen LogP contribution is -2.33. The zero-order chi connectivity index (χ0) is 20.1. The first-order valence-corrected chi connectivity index (χ1v) is 10.8. The van der Waals surface area contributed by atoms with Crippen molar-refractivity contribution in [1.82, 2.24) is 15.4 Å². The Kier molecular flexibility index (Phi) is 6.49. The predicted molar refractivity (Wildman–Crippen MR) is 111 cm³/mol. The zero-order valence-corrected chi connectivity index (χ0v) is 17.2. The summed E-state index contributed by atoms with van der Waals surface area (Å²) in [4.78, 5) is 14.0. The fourth-order valence-electron chi connectivity index (χ4n) is 4.48. The number of carbonyl (C=O) groups is 1. The summed E-state index contributed by atoms with van der Waals surface area (Å²) >= 11 is 0. The molecule has 2 fully saturated rings. The highest BCUT2D eigenvalue weighted by molar-refractivity contribution is 5.78. The number of amides is 1. The summed E-state index contributed by atoms with van der Waals surface area (Å²) in [5, 5.41) is 7.72. The Balaban J connectivity index is 1.22. The first-order chi connectivity index (χ1) is 14.2. The molecular weight excluding hydrogens is 366 g/mol. The van der Waals surface area contributed by atoms with Crippen LogP contribution in [0.4, 0.5) is 0 Å². The van der Waals surface area contributed by atoms with Gasteiger partial charge in [0.05, 0.1) is 5.69 Å². The van der Waals surface area contributed by atoms with Gasteiger partial charge in [-0.2, -0.15) is 0 Å². The SMILES string of the molecule is Cc1cc(C[C@@H]2CCC[C@H]2NCc2ccc(OCC(=O)N3CCCC3)cc2)on1. The second kappa shape index (κ2) is 9.44. The number of rotatable bonds is 8. The molecule has 1 aromatic heterocycles. The smallest absolute Gasteiger partial charge is 0.260 e. The summed E-state index contributed by atoms with van der Waals surface area (Å²) in [5.41, 5.74) is 2.18. The van der Waals surface area contributed by atoms with Gasteiger partial charge in [0.25, 0.3) is 5.91 Å². The number of likely N-dealkylation sites (tertiary alicyclic amines) is 1. The minimum Gasteiger partial charge on any atom is -0.484 e. The van der Waals surface area contributed by atoms with Crippen molar-refractivity contribution < 1.29 is 14.1 Å². The molecule has 0 radical (unpaired) electrons. The van der Waals surface area contributed by atoms with Crippen LogP contribution in [-0.2, 0) is 17.8 Å². The molecule has 1 aliphatic heterocycles. The van der Waals surface area contributed by atoms with E-state index in [-0.39, 0.29) is 12.5 Å². The van der Waals surface area contributed by atoms with Crippen LogP contribution in [-0.4, -0.2) is 41.7 Å². The average Bonchev–Trinajstić information content (AvgIpc) is 3.48. The molecule has 6 nitrogen and oxygen atoms in total. The molecule has 0 spiro atoms. The first kappa shape index (κ1) is 20.0. The van der Waals surface area contributed by atoms with Crippen LogP contribution >= 0.6 is 0 Å². The number of aryl methyl sites for hydroxylation is 1. The molecule has 4 rings (SSSR count). The van der Waals surface area contributed by atoms with Crippen LogP contribution in [0.1, 0.15) is 49.1 Å². The fraction of sp³-hybridized carbons (Fsp3) is 0.565. The van der Waals surface area contributed by atoms with Crippen molar-refractivity contribution in [3.8, 4) is 5.75 Å². The van der Waals surface area contributed by atoms with E-state index >= 15 is 0 Å². The van der Waals surface area contributed by atoms with Crippen molar-refractivity contribution in [3.05, 3.63) is 47.3 Å². The quantitative estimate of drug-likeness (QED) is 0.739. The van der Waals surface area contributed by atoms with Crippen LogP contribution in [0.2, 0.25) is 0 Å². The number of hydrogen-bond acceptors (Lipinski definition) is 5. The third kappa shape index (κ3) is 5.38. The number of aromatic nitrogens is 1. The minimum atomic E-state index is 0.0856. The molecular formula is C23H31N3O3. The number of nitrogens with one attached hydrogen (secondary N) is 1. The third-order valence-corrected chi connectivity index (χ3v) is 6.11. The normalized spacial score (nSPS) is 21.6. The lowest BCUT2D eigenvalue weighted by atomic mass is 9.97. The van der Waals surface area contributed by atoms with Gasteiger partial charge in [-0.15, -0.1) is 0 Å². The first-order valence-electron chi connectivity index (χ1n) is 10.8. The molecule has 29 heavy (non-hydrogen) atoms. The van der Waals surface area contributed by atoms with Crippen molar-refractivity contribution in [1.29, 1.82) is 0 Å². The van der Waals surface area contributed by atoms with Gasteiger partial charge >= 0.3 is 0 Å². The summed E-state index contributed by atoms with van der Waals surface area (Å²) < 4.78 is 11.1. The number of hydrogen-bond donors (Lipinski definition) is 1. The van der Waals surface area contributed by atoms with E-state index in [4.69, 9.17) is 9.26 Å². The van der Waals surface area contributed by atoms with E-state index in [1.807, 2.05) is 30.0 Å². The molecule has 1 aliphatic carbocycles. The standard InChI is InChI=1S/C23H31N3O3/c1-17-13-21(29-25-17)14-19-5-4-6-22(19)24-15-18-7-9-20(10-8-18)28-16-23(27)26-11-2-3-12-26/h7-10,13,19,22,24H,2-6,11-12,14-16H2,1H3/t19-,22+/m0/s1. The van der Waals surface area contributed by atoms with Crippen molar-refractivity contribution in [2.45, 2.75) is 58.0 Å². The predicted octanol–water partition coefficient (Wildman–Crippen LogP) is 3.49. The Morgan fingerprint density at radius 2 is 2.00 bits per heavy atom. The van der Waals surface area contributed by atoms with E-state index in [1.165, 1.54) is 24.8 Å². The summed E-state index contributed by atoms with van der Waals surface area (Å²) in [5.74, 6) is 2.43. The van der Waals surface area contributed by atoms with Gasteiger partial charge < -0.3 is 19.5 Å². The molecule has 2 heterocycles. The number of benzene rings is 1. The molecule has 6 heteroatoms. The highest BCUT2D eigenvalue weighted by Gasteiger charge is 2.28. The molecule has 1 amide bonds. The Morgan fingerprint density at radius 3 is 2.72 bits per heavy atom. The molecule has 2 aliphatic rings. The Morgan fingerprint density at radius 1 is 1.21 bits per heavy atom. The maximum absolute atomic E-state index is 12.1.